The first-order valence-electron chi connectivity index (χ1n) is 5.81. The number of aromatic amines is 1. The Bertz CT molecular complexity index is 906. The highest BCUT2D eigenvalue weighted by molar-refractivity contribution is 9.10. The van der Waals surface area contributed by atoms with Gasteiger partial charge < -0.3 is 0 Å². The Morgan fingerprint density at radius 3 is 2.67 bits per heavy atom. The minimum atomic E-state index is -0.669. The lowest BCUT2D eigenvalue weighted by Crippen LogP contribution is -2.11. The van der Waals surface area contributed by atoms with Crippen LogP contribution in [0.25, 0.3) is 22.2 Å². The normalized spacial score (nSPS) is 11.0. The van der Waals surface area contributed by atoms with Crippen LogP contribution in [0.15, 0.2) is 39.6 Å². The van der Waals surface area contributed by atoms with Crippen LogP contribution < -0.4 is 5.43 Å². The van der Waals surface area contributed by atoms with E-state index in [0.29, 0.717) is 5.52 Å². The lowest BCUT2D eigenvalue weighted by atomic mass is 10.1. The highest BCUT2D eigenvalue weighted by atomic mass is 79.9. The molecule has 0 aliphatic heterocycles. The lowest BCUT2D eigenvalue weighted by molar-refractivity contribution is 0.623. The molecule has 0 unspecified atom stereocenters. The van der Waals surface area contributed by atoms with Crippen LogP contribution in [0.4, 0.5) is 8.78 Å². The van der Waals surface area contributed by atoms with Crippen molar-refractivity contribution in [3.05, 3.63) is 61.7 Å². The molecule has 0 radical (unpaired) electrons. The standard InChI is InChI=1S/C14H6BrClF2N2O/c15-7-5-11-6(4-10(7)18)14(21)13(20-19-11)12-8(16)2-1-3-9(12)17/h1-5H,(H,19,21). The Kier molecular flexibility index (Phi) is 3.51. The van der Waals surface area contributed by atoms with Crippen molar-refractivity contribution >= 4 is 38.4 Å². The third-order valence-electron chi connectivity index (χ3n) is 3.01. The lowest BCUT2D eigenvalue weighted by Gasteiger charge is -2.06. The Balaban J connectivity index is 2.38. The third kappa shape index (κ3) is 2.34. The number of fused-ring (bicyclic) bond motifs is 1. The first kappa shape index (κ1) is 14.2. The molecule has 3 rings (SSSR count). The summed E-state index contributed by atoms with van der Waals surface area (Å²) in [5, 5.41) is 6.60. The van der Waals surface area contributed by atoms with E-state index < -0.39 is 17.1 Å². The van der Waals surface area contributed by atoms with Gasteiger partial charge in [0.15, 0.2) is 0 Å². The summed E-state index contributed by atoms with van der Waals surface area (Å²) in [5.41, 5.74) is -0.551. The first-order valence-corrected chi connectivity index (χ1v) is 6.98. The molecule has 0 aliphatic rings. The van der Waals surface area contributed by atoms with E-state index in [1.165, 1.54) is 24.3 Å². The van der Waals surface area contributed by atoms with Gasteiger partial charge in [-0.05, 0) is 40.2 Å². The van der Waals surface area contributed by atoms with E-state index in [4.69, 9.17) is 11.6 Å². The summed E-state index contributed by atoms with van der Waals surface area (Å²) in [4.78, 5) is 12.4. The van der Waals surface area contributed by atoms with Crippen LogP contribution in [0.1, 0.15) is 0 Å². The highest BCUT2D eigenvalue weighted by Gasteiger charge is 2.17. The van der Waals surface area contributed by atoms with Crippen molar-refractivity contribution in [2.75, 3.05) is 0 Å². The first-order chi connectivity index (χ1) is 9.99. The van der Waals surface area contributed by atoms with Crippen molar-refractivity contribution in [3.63, 3.8) is 0 Å². The average Bonchev–Trinajstić information content (AvgIpc) is 2.43. The van der Waals surface area contributed by atoms with Crippen LogP contribution in [0.5, 0.6) is 0 Å². The zero-order valence-corrected chi connectivity index (χ0v) is 12.6. The van der Waals surface area contributed by atoms with E-state index in [1.54, 1.807) is 0 Å². The van der Waals surface area contributed by atoms with Gasteiger partial charge in [-0.2, -0.15) is 5.10 Å². The number of halogens is 4. The predicted molar refractivity (Wildman–Crippen MR) is 80.4 cm³/mol. The fourth-order valence-electron chi connectivity index (χ4n) is 2.02. The zero-order chi connectivity index (χ0) is 15.1. The second-order valence-corrected chi connectivity index (χ2v) is 5.57. The summed E-state index contributed by atoms with van der Waals surface area (Å²) in [6, 6.07) is 6.51. The van der Waals surface area contributed by atoms with Gasteiger partial charge in [-0.15, -0.1) is 0 Å². The molecule has 7 heteroatoms. The van der Waals surface area contributed by atoms with Gasteiger partial charge >= 0.3 is 0 Å². The Morgan fingerprint density at radius 1 is 1.19 bits per heavy atom. The molecular formula is C14H6BrClF2N2O. The van der Waals surface area contributed by atoms with E-state index >= 15 is 0 Å². The minimum absolute atomic E-state index is 0.0601. The van der Waals surface area contributed by atoms with Crippen LogP contribution in [-0.4, -0.2) is 10.2 Å². The molecule has 0 amide bonds. The van der Waals surface area contributed by atoms with Crippen LogP contribution in [0.2, 0.25) is 5.02 Å². The molecular weight excluding hydrogens is 366 g/mol. The number of rotatable bonds is 1. The molecule has 0 spiro atoms. The summed E-state index contributed by atoms with van der Waals surface area (Å²) >= 11 is 8.95. The predicted octanol–water partition coefficient (Wildman–Crippen LogP) is 4.28. The number of H-pyrrole nitrogens is 1. The Hall–Kier alpha value is -1.79. The van der Waals surface area contributed by atoms with Gasteiger partial charge in [-0.1, -0.05) is 17.7 Å². The molecule has 1 aromatic heterocycles. The molecule has 0 aliphatic carbocycles. The maximum Gasteiger partial charge on any atom is 0.216 e. The number of hydrogen-bond acceptors (Lipinski definition) is 2. The Labute approximate surface area is 130 Å². The number of hydrogen-bond donors (Lipinski definition) is 1. The van der Waals surface area contributed by atoms with Gasteiger partial charge in [0.25, 0.3) is 0 Å². The fourth-order valence-corrected chi connectivity index (χ4v) is 2.61. The van der Waals surface area contributed by atoms with E-state index in [2.05, 4.69) is 26.1 Å². The summed E-state index contributed by atoms with van der Waals surface area (Å²) < 4.78 is 27.7. The monoisotopic (exact) mass is 370 g/mol. The highest BCUT2D eigenvalue weighted by Crippen LogP contribution is 2.28. The quantitative estimate of drug-likeness (QED) is 0.694. The summed E-state index contributed by atoms with van der Waals surface area (Å²) in [7, 11) is 0. The summed E-state index contributed by atoms with van der Waals surface area (Å²) in [5.74, 6) is -1.26. The van der Waals surface area contributed by atoms with Gasteiger partial charge in [-0.3, -0.25) is 9.89 Å². The molecule has 106 valence electrons. The van der Waals surface area contributed by atoms with Gasteiger partial charge in [0.05, 0.1) is 26.0 Å². The molecule has 3 aromatic rings. The van der Waals surface area contributed by atoms with Gasteiger partial charge in [0.2, 0.25) is 5.43 Å². The number of nitrogens with one attached hydrogen (secondary N) is 1. The molecule has 3 nitrogen and oxygen atoms in total. The molecule has 0 atom stereocenters. The number of nitrogens with zero attached hydrogens (tertiary/aromatic N) is 1. The summed E-state index contributed by atoms with van der Waals surface area (Å²) in [6.07, 6.45) is 0. The third-order valence-corrected chi connectivity index (χ3v) is 3.93. The molecule has 0 fully saturated rings. The van der Waals surface area contributed by atoms with Crippen molar-refractivity contribution in [1.82, 2.24) is 10.2 Å². The van der Waals surface area contributed by atoms with Gasteiger partial charge in [0, 0.05) is 0 Å². The molecule has 0 saturated heterocycles. The second kappa shape index (κ2) is 5.20. The van der Waals surface area contributed by atoms with Crippen molar-refractivity contribution in [2.24, 2.45) is 0 Å². The number of benzene rings is 2. The molecule has 1 N–H and O–H groups in total. The molecule has 1 heterocycles. The van der Waals surface area contributed by atoms with Gasteiger partial charge in [0.1, 0.15) is 17.3 Å². The van der Waals surface area contributed by atoms with Crippen LogP contribution in [-0.2, 0) is 0 Å². The SMILES string of the molecule is O=c1c(-c2c(F)cccc2Cl)n[nH]c2cc(Br)c(F)cc12. The molecule has 0 bridgehead atoms. The summed E-state index contributed by atoms with van der Waals surface area (Å²) in [6.45, 7) is 0. The van der Waals surface area contributed by atoms with E-state index in [-0.39, 0.29) is 26.1 Å². The Morgan fingerprint density at radius 2 is 1.95 bits per heavy atom. The average molecular weight is 372 g/mol. The van der Waals surface area contributed by atoms with Crippen molar-refractivity contribution < 1.29 is 8.78 Å². The van der Waals surface area contributed by atoms with E-state index in [1.807, 2.05) is 0 Å². The zero-order valence-electron chi connectivity index (χ0n) is 10.3. The van der Waals surface area contributed by atoms with Crippen molar-refractivity contribution in [1.29, 1.82) is 0 Å². The van der Waals surface area contributed by atoms with Crippen LogP contribution in [0.3, 0.4) is 0 Å². The number of aromatic nitrogens is 2. The smallest absolute Gasteiger partial charge is 0.216 e. The minimum Gasteiger partial charge on any atom is -0.287 e. The van der Waals surface area contributed by atoms with Crippen molar-refractivity contribution in [3.8, 4) is 11.3 Å². The van der Waals surface area contributed by atoms with Crippen LogP contribution in [0, 0.1) is 11.6 Å². The van der Waals surface area contributed by atoms with Crippen LogP contribution >= 0.6 is 27.5 Å². The van der Waals surface area contributed by atoms with E-state index in [0.717, 1.165) is 6.07 Å². The maximum atomic E-state index is 13.9. The topological polar surface area (TPSA) is 45.8 Å². The maximum absolute atomic E-state index is 13.9. The molecule has 0 saturated carbocycles. The second-order valence-electron chi connectivity index (χ2n) is 4.31. The largest absolute Gasteiger partial charge is 0.287 e. The fraction of sp³-hybridized carbons (Fsp3) is 0. The molecule has 2 aromatic carbocycles. The van der Waals surface area contributed by atoms with Gasteiger partial charge in [-0.25, -0.2) is 8.78 Å². The van der Waals surface area contributed by atoms with E-state index in [9.17, 15) is 13.6 Å². The van der Waals surface area contributed by atoms with Crippen molar-refractivity contribution in [2.45, 2.75) is 0 Å². The molecule has 21 heavy (non-hydrogen) atoms.